The summed E-state index contributed by atoms with van der Waals surface area (Å²) in [7, 11) is -3.37. The Morgan fingerprint density at radius 2 is 2.29 bits per heavy atom. The summed E-state index contributed by atoms with van der Waals surface area (Å²) in [6.45, 7) is 3.58. The summed E-state index contributed by atoms with van der Waals surface area (Å²) in [4.78, 5) is 4.28. The van der Waals surface area contributed by atoms with Gasteiger partial charge in [0.25, 0.3) is 0 Å². The van der Waals surface area contributed by atoms with Crippen LogP contribution in [-0.4, -0.2) is 30.8 Å². The Balaban J connectivity index is 2.25. The lowest BCUT2D eigenvalue weighted by molar-refractivity contribution is 0.464. The number of hydrogen-bond acceptors (Lipinski definition) is 4. The summed E-state index contributed by atoms with van der Waals surface area (Å²) in [5.41, 5.74) is 6.12. The van der Waals surface area contributed by atoms with E-state index in [9.17, 15) is 8.42 Å². The van der Waals surface area contributed by atoms with Gasteiger partial charge in [-0.2, -0.15) is 4.31 Å². The van der Waals surface area contributed by atoms with E-state index < -0.39 is 10.0 Å². The molecule has 2 rings (SSSR count). The van der Waals surface area contributed by atoms with E-state index in [1.165, 1.54) is 10.5 Å². The quantitative estimate of drug-likeness (QED) is 0.856. The molecule has 17 heavy (non-hydrogen) atoms. The van der Waals surface area contributed by atoms with Crippen LogP contribution in [0.2, 0.25) is 0 Å². The highest BCUT2D eigenvalue weighted by atomic mass is 32.2. The fourth-order valence-electron chi connectivity index (χ4n) is 1.95. The highest BCUT2D eigenvalue weighted by Crippen LogP contribution is 2.23. The number of hydrogen-bond donors (Lipinski definition) is 1. The molecule has 1 saturated heterocycles. The molecule has 1 unspecified atom stereocenters. The molecule has 2 N–H and O–H groups in total. The number of pyridine rings is 1. The first-order chi connectivity index (χ1) is 8.04. The van der Waals surface area contributed by atoms with E-state index in [0.29, 0.717) is 31.2 Å². The van der Waals surface area contributed by atoms with Crippen molar-refractivity contribution in [3.63, 3.8) is 0 Å². The second kappa shape index (κ2) is 4.72. The smallest absolute Gasteiger partial charge is 0.244 e. The molecule has 2 heterocycles. The van der Waals surface area contributed by atoms with Crippen molar-refractivity contribution >= 4 is 10.0 Å². The molecule has 0 radical (unpaired) electrons. The predicted molar refractivity (Wildman–Crippen MR) is 64.7 cm³/mol. The molecule has 0 spiro atoms. The Hall–Kier alpha value is -0.980. The SMILES string of the molecule is CC1CCN(S(=O)(=O)c2ccc(CN)nc2)C1. The summed E-state index contributed by atoms with van der Waals surface area (Å²) < 4.78 is 26.0. The highest BCUT2D eigenvalue weighted by Gasteiger charge is 2.30. The number of sulfonamides is 1. The van der Waals surface area contributed by atoms with E-state index in [2.05, 4.69) is 11.9 Å². The average molecular weight is 255 g/mol. The lowest BCUT2D eigenvalue weighted by Crippen LogP contribution is -2.28. The highest BCUT2D eigenvalue weighted by molar-refractivity contribution is 7.89. The molecule has 0 aliphatic carbocycles. The van der Waals surface area contributed by atoms with E-state index in [1.807, 2.05) is 0 Å². The van der Waals surface area contributed by atoms with E-state index in [1.54, 1.807) is 12.1 Å². The monoisotopic (exact) mass is 255 g/mol. The van der Waals surface area contributed by atoms with Crippen molar-refractivity contribution in [1.82, 2.24) is 9.29 Å². The fourth-order valence-corrected chi connectivity index (χ4v) is 3.47. The van der Waals surface area contributed by atoms with Crippen LogP contribution in [0.15, 0.2) is 23.2 Å². The first-order valence-corrected chi connectivity index (χ1v) is 7.13. The number of aromatic nitrogens is 1. The molecule has 5 nitrogen and oxygen atoms in total. The van der Waals surface area contributed by atoms with Crippen LogP contribution < -0.4 is 5.73 Å². The van der Waals surface area contributed by atoms with Gasteiger partial charge in [0.15, 0.2) is 0 Å². The van der Waals surface area contributed by atoms with Crippen LogP contribution in [0.25, 0.3) is 0 Å². The average Bonchev–Trinajstić information content (AvgIpc) is 2.77. The van der Waals surface area contributed by atoms with Crippen molar-refractivity contribution in [1.29, 1.82) is 0 Å². The molecule has 1 aromatic heterocycles. The summed E-state index contributed by atoms with van der Waals surface area (Å²) in [5, 5.41) is 0. The Morgan fingerprint density at radius 3 is 2.76 bits per heavy atom. The topological polar surface area (TPSA) is 76.3 Å². The van der Waals surface area contributed by atoms with Crippen molar-refractivity contribution in [3.8, 4) is 0 Å². The Labute approximate surface area is 102 Å². The molecule has 0 aromatic carbocycles. The molecular formula is C11H17N3O2S. The van der Waals surface area contributed by atoms with Crippen LogP contribution in [0.1, 0.15) is 19.0 Å². The van der Waals surface area contributed by atoms with Gasteiger partial charge in [0.1, 0.15) is 4.90 Å². The lowest BCUT2D eigenvalue weighted by atomic mass is 10.2. The third kappa shape index (κ3) is 2.48. The minimum absolute atomic E-state index is 0.254. The van der Waals surface area contributed by atoms with Crippen molar-refractivity contribution in [2.75, 3.05) is 13.1 Å². The van der Waals surface area contributed by atoms with Gasteiger partial charge in [0.05, 0.1) is 5.69 Å². The van der Waals surface area contributed by atoms with Gasteiger partial charge in [-0.1, -0.05) is 6.92 Å². The molecular weight excluding hydrogens is 238 g/mol. The van der Waals surface area contributed by atoms with Gasteiger partial charge in [-0.05, 0) is 24.5 Å². The molecule has 94 valence electrons. The second-order valence-electron chi connectivity index (χ2n) is 4.45. The predicted octanol–water partition coefficient (Wildman–Crippen LogP) is 0.571. The third-order valence-electron chi connectivity index (χ3n) is 3.03. The van der Waals surface area contributed by atoms with Gasteiger partial charge in [0, 0.05) is 25.8 Å². The van der Waals surface area contributed by atoms with Crippen LogP contribution in [0.4, 0.5) is 0 Å². The number of nitrogens with zero attached hydrogens (tertiary/aromatic N) is 2. The standard InChI is InChI=1S/C11H17N3O2S/c1-9-4-5-14(8-9)17(15,16)11-3-2-10(6-12)13-7-11/h2-3,7,9H,4-6,8,12H2,1H3. The Morgan fingerprint density at radius 1 is 1.53 bits per heavy atom. The zero-order valence-electron chi connectivity index (χ0n) is 9.83. The van der Waals surface area contributed by atoms with Gasteiger partial charge >= 0.3 is 0 Å². The summed E-state index contributed by atoms with van der Waals surface area (Å²) in [5.74, 6) is 0.432. The molecule has 6 heteroatoms. The van der Waals surface area contributed by atoms with E-state index >= 15 is 0 Å². The first-order valence-electron chi connectivity index (χ1n) is 5.69. The van der Waals surface area contributed by atoms with Crippen LogP contribution in [0.3, 0.4) is 0 Å². The number of rotatable bonds is 3. The first kappa shape index (κ1) is 12.5. The zero-order valence-corrected chi connectivity index (χ0v) is 10.7. The Bertz CT molecular complexity index is 484. The maximum absolute atomic E-state index is 12.2. The molecule has 1 aliphatic heterocycles. The fraction of sp³-hybridized carbons (Fsp3) is 0.545. The third-order valence-corrected chi connectivity index (χ3v) is 4.88. The number of nitrogens with two attached hydrogens (primary N) is 1. The van der Waals surface area contributed by atoms with Crippen LogP contribution in [0.5, 0.6) is 0 Å². The van der Waals surface area contributed by atoms with E-state index in [-0.39, 0.29) is 4.90 Å². The van der Waals surface area contributed by atoms with Crippen molar-refractivity contribution < 1.29 is 8.42 Å². The van der Waals surface area contributed by atoms with Crippen molar-refractivity contribution in [3.05, 3.63) is 24.0 Å². The normalized spacial score (nSPS) is 21.9. The van der Waals surface area contributed by atoms with Crippen LogP contribution in [-0.2, 0) is 16.6 Å². The van der Waals surface area contributed by atoms with Gasteiger partial charge in [0.2, 0.25) is 10.0 Å². The molecule has 0 saturated carbocycles. The summed E-state index contributed by atoms with van der Waals surface area (Å²) >= 11 is 0. The summed E-state index contributed by atoms with van der Waals surface area (Å²) in [6, 6.07) is 3.24. The van der Waals surface area contributed by atoms with E-state index in [4.69, 9.17) is 5.73 Å². The van der Waals surface area contributed by atoms with Gasteiger partial charge in [-0.3, -0.25) is 4.98 Å². The maximum atomic E-state index is 12.2. The minimum Gasteiger partial charge on any atom is -0.325 e. The summed E-state index contributed by atoms with van der Waals surface area (Å²) in [6.07, 6.45) is 2.31. The zero-order chi connectivity index (χ0) is 12.5. The molecule has 0 amide bonds. The van der Waals surface area contributed by atoms with E-state index in [0.717, 1.165) is 6.42 Å². The largest absolute Gasteiger partial charge is 0.325 e. The molecule has 0 bridgehead atoms. The molecule has 1 aromatic rings. The molecule has 1 aliphatic rings. The molecule has 1 atom stereocenters. The van der Waals surface area contributed by atoms with Crippen molar-refractivity contribution in [2.45, 2.75) is 24.8 Å². The maximum Gasteiger partial charge on any atom is 0.244 e. The van der Waals surface area contributed by atoms with Gasteiger partial charge < -0.3 is 5.73 Å². The Kier molecular flexibility index (Phi) is 3.46. The lowest BCUT2D eigenvalue weighted by Gasteiger charge is -2.15. The minimum atomic E-state index is -3.37. The van der Waals surface area contributed by atoms with Crippen molar-refractivity contribution in [2.24, 2.45) is 11.7 Å². The van der Waals surface area contributed by atoms with Gasteiger partial charge in [-0.25, -0.2) is 8.42 Å². The molecule has 1 fully saturated rings. The second-order valence-corrected chi connectivity index (χ2v) is 6.38. The van der Waals surface area contributed by atoms with Crippen LogP contribution >= 0.6 is 0 Å². The van der Waals surface area contributed by atoms with Crippen LogP contribution in [0, 0.1) is 5.92 Å². The van der Waals surface area contributed by atoms with Gasteiger partial charge in [-0.15, -0.1) is 0 Å².